The third kappa shape index (κ3) is 2.87. The van der Waals surface area contributed by atoms with Crippen LogP contribution in [0.15, 0.2) is 0 Å². The fourth-order valence-electron chi connectivity index (χ4n) is 4.18. The number of hydrogen-bond donors (Lipinski definition) is 0. The molecule has 9 heteroatoms. The van der Waals surface area contributed by atoms with Gasteiger partial charge in [0.05, 0.1) is 18.9 Å². The number of aryl methyl sites for hydroxylation is 1. The van der Waals surface area contributed by atoms with Gasteiger partial charge < -0.3 is 9.64 Å². The van der Waals surface area contributed by atoms with E-state index in [0.717, 1.165) is 17.8 Å². The van der Waals surface area contributed by atoms with Crippen LogP contribution in [0, 0.1) is 23.7 Å². The van der Waals surface area contributed by atoms with Crippen molar-refractivity contribution in [1.82, 2.24) is 15.1 Å². The lowest BCUT2D eigenvalue weighted by molar-refractivity contribution is -0.144. The van der Waals surface area contributed by atoms with Crippen LogP contribution in [0.2, 0.25) is 0 Å². The lowest BCUT2D eigenvalue weighted by atomic mass is 10.1. The number of rotatable bonds is 5. The van der Waals surface area contributed by atoms with Crippen LogP contribution in [0.4, 0.5) is 5.13 Å². The average molecular weight is 378 g/mol. The molecule has 2 aliphatic heterocycles. The number of fused-ring (bicyclic) bond motifs is 1. The van der Waals surface area contributed by atoms with E-state index < -0.39 is 0 Å². The Labute approximate surface area is 155 Å². The lowest BCUT2D eigenvalue weighted by Gasteiger charge is -2.22. The minimum Gasteiger partial charge on any atom is -0.469 e. The van der Waals surface area contributed by atoms with Crippen LogP contribution < -0.4 is 4.90 Å². The number of hydrogen-bond acceptors (Lipinski definition) is 7. The summed E-state index contributed by atoms with van der Waals surface area (Å²) in [5, 5.41) is 9.73. The van der Waals surface area contributed by atoms with Crippen molar-refractivity contribution in [2.75, 3.05) is 31.6 Å². The van der Waals surface area contributed by atoms with Crippen molar-refractivity contribution in [2.24, 2.45) is 23.7 Å². The number of esters is 1. The van der Waals surface area contributed by atoms with Gasteiger partial charge >= 0.3 is 5.97 Å². The molecule has 2 saturated heterocycles. The molecular formula is C17H22N4O4S. The highest BCUT2D eigenvalue weighted by Gasteiger charge is 2.61. The van der Waals surface area contributed by atoms with Crippen LogP contribution in [0.5, 0.6) is 0 Å². The van der Waals surface area contributed by atoms with E-state index in [0.29, 0.717) is 24.8 Å². The Morgan fingerprint density at radius 2 is 1.96 bits per heavy atom. The van der Waals surface area contributed by atoms with Gasteiger partial charge in [-0.25, -0.2) is 0 Å². The van der Waals surface area contributed by atoms with Crippen molar-refractivity contribution < 1.29 is 19.1 Å². The predicted molar refractivity (Wildman–Crippen MR) is 93.4 cm³/mol. The SMILES string of the molecule is CCCc1nnc(N2CC(C(=O)N3C[C@@H]4C(C(=O)OC)[C@@H]4C3)CC2=O)s1. The highest BCUT2D eigenvalue weighted by Crippen LogP contribution is 2.52. The molecule has 0 spiro atoms. The van der Waals surface area contributed by atoms with Gasteiger partial charge in [0.15, 0.2) is 0 Å². The number of amides is 2. The molecule has 1 aromatic heterocycles. The van der Waals surface area contributed by atoms with Gasteiger partial charge in [-0.3, -0.25) is 19.3 Å². The number of carbonyl (C=O) groups is 3. The molecule has 0 bridgehead atoms. The van der Waals surface area contributed by atoms with Crippen LogP contribution in [-0.4, -0.2) is 59.6 Å². The summed E-state index contributed by atoms with van der Waals surface area (Å²) >= 11 is 1.42. The van der Waals surface area contributed by atoms with Crippen LogP contribution >= 0.6 is 11.3 Å². The van der Waals surface area contributed by atoms with E-state index in [1.807, 2.05) is 0 Å². The van der Waals surface area contributed by atoms with Crippen LogP contribution in [-0.2, 0) is 25.5 Å². The second-order valence-electron chi connectivity index (χ2n) is 7.25. The summed E-state index contributed by atoms with van der Waals surface area (Å²) in [6.07, 6.45) is 2.04. The zero-order valence-corrected chi connectivity index (χ0v) is 15.7. The number of methoxy groups -OCH3 is 1. The Kier molecular flexibility index (Phi) is 4.42. The molecule has 8 nitrogen and oxygen atoms in total. The van der Waals surface area contributed by atoms with Gasteiger partial charge in [-0.1, -0.05) is 18.3 Å². The third-order valence-electron chi connectivity index (χ3n) is 5.60. The van der Waals surface area contributed by atoms with Crippen molar-refractivity contribution in [3.05, 3.63) is 5.01 Å². The first-order valence-corrected chi connectivity index (χ1v) is 9.84. The Morgan fingerprint density at radius 1 is 1.23 bits per heavy atom. The molecule has 3 aliphatic rings. The number of likely N-dealkylation sites (tertiary alicyclic amines) is 1. The third-order valence-corrected chi connectivity index (χ3v) is 6.61. The quantitative estimate of drug-likeness (QED) is 0.701. The first-order chi connectivity index (χ1) is 12.5. The molecule has 1 aliphatic carbocycles. The normalized spacial score (nSPS) is 29.8. The molecule has 26 heavy (non-hydrogen) atoms. The second kappa shape index (κ2) is 6.61. The van der Waals surface area contributed by atoms with E-state index in [4.69, 9.17) is 4.74 Å². The van der Waals surface area contributed by atoms with E-state index in [2.05, 4.69) is 17.1 Å². The zero-order valence-electron chi connectivity index (χ0n) is 14.9. The van der Waals surface area contributed by atoms with Crippen molar-refractivity contribution in [2.45, 2.75) is 26.2 Å². The largest absolute Gasteiger partial charge is 0.469 e. The fraction of sp³-hybridized carbons (Fsp3) is 0.706. The van der Waals surface area contributed by atoms with Gasteiger partial charge in [0.25, 0.3) is 0 Å². The molecule has 1 aromatic rings. The van der Waals surface area contributed by atoms with Crippen molar-refractivity contribution in [3.8, 4) is 0 Å². The topological polar surface area (TPSA) is 92.7 Å². The minimum absolute atomic E-state index is 0.00922. The number of ether oxygens (including phenoxy) is 1. The molecular weight excluding hydrogens is 356 g/mol. The Hall–Kier alpha value is -2.03. The molecule has 2 amide bonds. The van der Waals surface area contributed by atoms with Crippen LogP contribution in [0.3, 0.4) is 0 Å². The highest BCUT2D eigenvalue weighted by molar-refractivity contribution is 7.15. The summed E-state index contributed by atoms with van der Waals surface area (Å²) in [6, 6.07) is 0. The van der Waals surface area contributed by atoms with Gasteiger partial charge in [-0.15, -0.1) is 10.2 Å². The molecule has 4 rings (SSSR count). The number of carbonyl (C=O) groups excluding carboxylic acids is 3. The van der Waals surface area contributed by atoms with Gasteiger partial charge in [0.1, 0.15) is 5.01 Å². The van der Waals surface area contributed by atoms with Gasteiger partial charge in [-0.2, -0.15) is 0 Å². The van der Waals surface area contributed by atoms with Crippen molar-refractivity contribution in [1.29, 1.82) is 0 Å². The summed E-state index contributed by atoms with van der Waals surface area (Å²) in [4.78, 5) is 40.2. The molecule has 3 fully saturated rings. The Balaban J connectivity index is 1.35. The van der Waals surface area contributed by atoms with E-state index >= 15 is 0 Å². The fourth-order valence-corrected chi connectivity index (χ4v) is 5.14. The molecule has 1 saturated carbocycles. The molecule has 0 N–H and O–H groups in total. The van der Waals surface area contributed by atoms with Crippen molar-refractivity contribution >= 4 is 34.3 Å². The van der Waals surface area contributed by atoms with E-state index in [-0.39, 0.29) is 47.9 Å². The molecule has 2 unspecified atom stereocenters. The molecule has 140 valence electrons. The molecule has 3 heterocycles. The number of nitrogens with zero attached hydrogens (tertiary/aromatic N) is 4. The monoisotopic (exact) mass is 378 g/mol. The lowest BCUT2D eigenvalue weighted by Crippen LogP contribution is -2.38. The first-order valence-electron chi connectivity index (χ1n) is 9.02. The van der Waals surface area contributed by atoms with E-state index in [1.165, 1.54) is 18.4 Å². The summed E-state index contributed by atoms with van der Waals surface area (Å²) in [7, 11) is 1.40. The van der Waals surface area contributed by atoms with Crippen LogP contribution in [0.25, 0.3) is 0 Å². The smallest absolute Gasteiger partial charge is 0.309 e. The summed E-state index contributed by atoms with van der Waals surface area (Å²) < 4.78 is 4.80. The van der Waals surface area contributed by atoms with Gasteiger partial charge in [-0.05, 0) is 18.3 Å². The number of aromatic nitrogens is 2. The van der Waals surface area contributed by atoms with E-state index in [9.17, 15) is 14.4 Å². The molecule has 4 atom stereocenters. The van der Waals surface area contributed by atoms with Crippen molar-refractivity contribution in [3.63, 3.8) is 0 Å². The Morgan fingerprint density at radius 3 is 2.62 bits per heavy atom. The minimum atomic E-state index is -0.338. The predicted octanol–water partition coefficient (Wildman–Crippen LogP) is 0.721. The first kappa shape index (κ1) is 17.4. The maximum atomic E-state index is 12.8. The maximum Gasteiger partial charge on any atom is 0.309 e. The van der Waals surface area contributed by atoms with Gasteiger partial charge in [0, 0.05) is 32.5 Å². The second-order valence-corrected chi connectivity index (χ2v) is 8.29. The number of piperidine rings is 1. The van der Waals surface area contributed by atoms with Gasteiger partial charge in [0.2, 0.25) is 16.9 Å². The Bertz CT molecular complexity index is 739. The number of anilines is 1. The molecule has 0 radical (unpaired) electrons. The van der Waals surface area contributed by atoms with Crippen LogP contribution in [0.1, 0.15) is 24.8 Å². The summed E-state index contributed by atoms with van der Waals surface area (Å²) in [6.45, 7) is 3.62. The maximum absolute atomic E-state index is 12.8. The summed E-state index contributed by atoms with van der Waals surface area (Å²) in [5.74, 6) is -0.180. The highest BCUT2D eigenvalue weighted by atomic mass is 32.1. The zero-order chi connectivity index (χ0) is 18.4. The van der Waals surface area contributed by atoms with E-state index in [1.54, 1.807) is 9.80 Å². The summed E-state index contributed by atoms with van der Waals surface area (Å²) in [5.41, 5.74) is 0. The molecule has 0 aromatic carbocycles. The standard InChI is InChI=1S/C17H22N4O4S/c1-3-4-12-18-19-17(26-12)21-6-9(5-13(21)22)15(23)20-7-10-11(8-20)14(10)16(24)25-2/h9-11,14H,3-8H2,1-2H3/t9?,10-,11+,14?. The average Bonchev–Trinajstić information content (AvgIpc) is 3.06.